The van der Waals surface area contributed by atoms with Crippen molar-refractivity contribution in [2.45, 2.75) is 62.9 Å². The minimum Gasteiger partial charge on any atom is -0.382 e. The van der Waals surface area contributed by atoms with Gasteiger partial charge in [-0.15, -0.1) is 0 Å². The van der Waals surface area contributed by atoms with Crippen molar-refractivity contribution < 1.29 is 14.4 Å². The van der Waals surface area contributed by atoms with Crippen LogP contribution in [0.1, 0.15) is 55.7 Å². The normalized spacial score (nSPS) is 21.3. The summed E-state index contributed by atoms with van der Waals surface area (Å²) in [6.45, 7) is 0. The van der Waals surface area contributed by atoms with Crippen LogP contribution in [0.15, 0.2) is 42.6 Å². The number of fused-ring (bicyclic) bond motifs is 2. The molecule has 13 heteroatoms. The van der Waals surface area contributed by atoms with Crippen molar-refractivity contribution in [2.75, 3.05) is 34.5 Å². The van der Waals surface area contributed by atoms with Crippen LogP contribution in [0, 0.1) is 0 Å². The molecule has 12 nitrogen and oxygen atoms in total. The van der Waals surface area contributed by atoms with Gasteiger partial charge in [-0.3, -0.25) is 24.4 Å². The number of nitrogens with zero attached hydrogens (tertiary/aromatic N) is 6. The number of aromatic nitrogens is 4. The van der Waals surface area contributed by atoms with Crippen molar-refractivity contribution in [1.29, 1.82) is 0 Å². The molecular weight excluding hydrogens is 606 g/mol. The maximum Gasteiger partial charge on any atom is 0.235 e. The molecule has 2 aromatic carbocycles. The third-order valence-electron chi connectivity index (χ3n) is 9.53. The Bertz CT molecular complexity index is 1870. The predicted molar refractivity (Wildman–Crippen MR) is 178 cm³/mol. The van der Waals surface area contributed by atoms with E-state index in [1.54, 1.807) is 18.1 Å². The van der Waals surface area contributed by atoms with E-state index in [4.69, 9.17) is 16.6 Å². The van der Waals surface area contributed by atoms with Crippen molar-refractivity contribution in [3.8, 4) is 0 Å². The van der Waals surface area contributed by atoms with E-state index < -0.39 is 5.92 Å². The number of piperidine rings is 1. The van der Waals surface area contributed by atoms with Gasteiger partial charge in [0.25, 0.3) is 0 Å². The van der Waals surface area contributed by atoms with Crippen molar-refractivity contribution in [1.82, 2.24) is 25.1 Å². The van der Waals surface area contributed by atoms with Gasteiger partial charge in [-0.25, -0.2) is 4.98 Å². The first-order chi connectivity index (χ1) is 22.1. The topological polar surface area (TPSA) is 137 Å². The van der Waals surface area contributed by atoms with E-state index in [0.29, 0.717) is 42.1 Å². The third-order valence-corrected chi connectivity index (χ3v) is 9.81. The molecule has 4 aromatic rings. The largest absolute Gasteiger partial charge is 0.382 e. The van der Waals surface area contributed by atoms with Crippen molar-refractivity contribution in [2.24, 2.45) is 7.05 Å². The van der Waals surface area contributed by atoms with E-state index in [9.17, 15) is 14.4 Å². The summed E-state index contributed by atoms with van der Waals surface area (Å²) >= 11 is 6.48. The summed E-state index contributed by atoms with van der Waals surface area (Å²) in [7, 11) is 5.70. The molecule has 2 aliphatic heterocycles. The van der Waals surface area contributed by atoms with Gasteiger partial charge in [-0.2, -0.15) is 10.1 Å². The Balaban J connectivity index is 0.982. The highest BCUT2D eigenvalue weighted by Gasteiger charge is 2.32. The maximum atomic E-state index is 12.5. The highest BCUT2D eigenvalue weighted by molar-refractivity contribution is 6.32. The zero-order chi connectivity index (χ0) is 32.1. The third kappa shape index (κ3) is 5.61. The van der Waals surface area contributed by atoms with E-state index in [0.717, 1.165) is 64.9 Å². The molecule has 1 aliphatic carbocycles. The molecule has 1 unspecified atom stereocenters. The zero-order valence-electron chi connectivity index (χ0n) is 26.0. The number of nitrogens with one attached hydrogen (secondary N) is 3. The van der Waals surface area contributed by atoms with Crippen molar-refractivity contribution in [3.63, 3.8) is 0 Å². The summed E-state index contributed by atoms with van der Waals surface area (Å²) in [6, 6.07) is 12.6. The summed E-state index contributed by atoms with van der Waals surface area (Å²) in [6.07, 6.45) is 6.73. The van der Waals surface area contributed by atoms with Crippen molar-refractivity contribution >= 4 is 69.1 Å². The number of imide groups is 1. The van der Waals surface area contributed by atoms with Gasteiger partial charge < -0.3 is 20.4 Å². The highest BCUT2D eigenvalue weighted by Crippen LogP contribution is 2.35. The van der Waals surface area contributed by atoms with Gasteiger partial charge in [0.2, 0.25) is 23.7 Å². The van der Waals surface area contributed by atoms with Gasteiger partial charge in [0.15, 0.2) is 5.82 Å². The lowest BCUT2D eigenvalue weighted by atomic mass is 9.90. The molecule has 7 rings (SSSR count). The number of hydrogen-bond donors (Lipinski definition) is 3. The molecule has 238 valence electrons. The first kappa shape index (κ1) is 30.0. The molecule has 2 fully saturated rings. The molecule has 0 spiro atoms. The lowest BCUT2D eigenvalue weighted by Crippen LogP contribution is -2.39. The van der Waals surface area contributed by atoms with Gasteiger partial charge in [0.05, 0.1) is 29.7 Å². The van der Waals surface area contributed by atoms with Crippen LogP contribution in [0.5, 0.6) is 0 Å². The van der Waals surface area contributed by atoms with Crippen LogP contribution in [-0.4, -0.2) is 63.6 Å². The number of benzene rings is 2. The number of amides is 3. The first-order valence-corrected chi connectivity index (χ1v) is 16.0. The van der Waals surface area contributed by atoms with E-state index in [2.05, 4.69) is 37.0 Å². The van der Waals surface area contributed by atoms with Crippen LogP contribution in [0.3, 0.4) is 0 Å². The lowest BCUT2D eigenvalue weighted by molar-refractivity contribution is -0.134. The van der Waals surface area contributed by atoms with Crippen LogP contribution in [0.2, 0.25) is 5.02 Å². The van der Waals surface area contributed by atoms with Crippen molar-refractivity contribution in [3.05, 3.63) is 58.9 Å². The Morgan fingerprint density at radius 3 is 2.57 bits per heavy atom. The summed E-state index contributed by atoms with van der Waals surface area (Å²) in [4.78, 5) is 49.3. The first-order valence-electron chi connectivity index (χ1n) is 15.6. The molecule has 1 atom stereocenters. The van der Waals surface area contributed by atoms with Crippen LogP contribution >= 0.6 is 11.6 Å². The Morgan fingerprint density at radius 2 is 1.78 bits per heavy atom. The minimum atomic E-state index is -0.419. The minimum absolute atomic E-state index is 0.0798. The van der Waals surface area contributed by atoms with Gasteiger partial charge in [0.1, 0.15) is 5.02 Å². The number of hydrogen-bond acceptors (Lipinski definition) is 9. The van der Waals surface area contributed by atoms with E-state index in [-0.39, 0.29) is 23.8 Å². The fourth-order valence-electron chi connectivity index (χ4n) is 6.89. The quantitative estimate of drug-likeness (QED) is 0.246. The average Bonchev–Trinajstić information content (AvgIpc) is 3.52. The fourth-order valence-corrected chi connectivity index (χ4v) is 7.03. The van der Waals surface area contributed by atoms with E-state index >= 15 is 0 Å². The smallest absolute Gasteiger partial charge is 0.235 e. The molecule has 3 N–H and O–H groups in total. The molecule has 0 radical (unpaired) electrons. The zero-order valence-corrected chi connectivity index (χ0v) is 26.8. The summed E-state index contributed by atoms with van der Waals surface area (Å²) in [5.74, 6) is 0.289. The predicted octanol–water partition coefficient (Wildman–Crippen LogP) is 4.66. The van der Waals surface area contributed by atoms with Gasteiger partial charge in [-0.1, -0.05) is 11.6 Å². The van der Waals surface area contributed by atoms with E-state index in [1.165, 1.54) is 0 Å². The fraction of sp³-hybridized carbons (Fsp3) is 0.394. The molecule has 1 saturated heterocycles. The SMILES string of the molecule is CN1C(=O)Cc2cc(Nc3nc(N(C)[C@H]4CC[C@H](Nc5ccc6c(C7CCC(=O)NC7=O)nn(C)c6c5)CC4)ncc3Cl)ccc21. The number of halogens is 1. The Labute approximate surface area is 271 Å². The molecule has 4 heterocycles. The molecule has 3 amide bonds. The number of carbonyl (C=O) groups excluding carboxylic acids is 3. The van der Waals surface area contributed by atoms with E-state index in [1.807, 2.05) is 49.1 Å². The molecule has 3 aliphatic rings. The van der Waals surface area contributed by atoms with Gasteiger partial charge in [-0.05, 0) is 74.1 Å². The summed E-state index contributed by atoms with van der Waals surface area (Å²) in [5.41, 5.74) is 5.40. The average molecular weight is 642 g/mol. The Hall–Kier alpha value is -4.71. The molecule has 2 aromatic heterocycles. The number of aryl methyl sites for hydroxylation is 1. The second-order valence-electron chi connectivity index (χ2n) is 12.5. The maximum absolute atomic E-state index is 12.5. The number of likely N-dealkylation sites (N-methyl/N-ethyl adjacent to an activating group) is 1. The number of rotatable bonds is 7. The highest BCUT2D eigenvalue weighted by atomic mass is 35.5. The van der Waals surface area contributed by atoms with Gasteiger partial charge in [0, 0.05) is 62.1 Å². The number of anilines is 5. The van der Waals surface area contributed by atoms with Crippen LogP contribution in [0.4, 0.5) is 28.8 Å². The standard InChI is InChI=1S/C33H36ClN9O3/c1-41(33-35-17-25(34)31(39-33)37-20-7-12-26-18(14-20)15-29(45)42(26)2)22-8-4-19(5-9-22)36-21-6-10-23-27(16-21)43(3)40-30(23)24-11-13-28(44)38-32(24)46/h6-7,10,12,14,16-17,19,22,24,36H,4-5,8-9,11,13,15H2,1-3H3,(H,35,37,39)(H,38,44,46)/t19-,22-,24?. The number of carbonyl (C=O) groups is 3. The summed E-state index contributed by atoms with van der Waals surface area (Å²) < 4.78 is 1.81. The monoisotopic (exact) mass is 641 g/mol. The van der Waals surface area contributed by atoms with Crippen LogP contribution in [0.25, 0.3) is 10.9 Å². The second kappa shape index (κ2) is 11.9. The molecule has 0 bridgehead atoms. The van der Waals surface area contributed by atoms with Crippen LogP contribution in [-0.2, 0) is 27.9 Å². The molecule has 46 heavy (non-hydrogen) atoms. The Kier molecular flexibility index (Phi) is 7.75. The second-order valence-corrected chi connectivity index (χ2v) is 12.9. The lowest BCUT2D eigenvalue weighted by Gasteiger charge is -2.35. The van der Waals surface area contributed by atoms with Crippen LogP contribution < -0.4 is 25.8 Å². The molecular formula is C33H36ClN9O3. The summed E-state index contributed by atoms with van der Waals surface area (Å²) in [5, 5.41) is 15.5. The Morgan fingerprint density at radius 1 is 1.00 bits per heavy atom. The van der Waals surface area contributed by atoms with Gasteiger partial charge >= 0.3 is 0 Å². The molecule has 1 saturated carbocycles.